The second-order valence-corrected chi connectivity index (χ2v) is 9.66. The number of pyridine rings is 1. The van der Waals surface area contributed by atoms with Gasteiger partial charge in [-0.2, -0.15) is 0 Å². The van der Waals surface area contributed by atoms with Gasteiger partial charge < -0.3 is 15.0 Å². The highest BCUT2D eigenvalue weighted by molar-refractivity contribution is 6.02. The Hall–Kier alpha value is -2.34. The molecule has 2 heterocycles. The van der Waals surface area contributed by atoms with Crippen LogP contribution in [0.1, 0.15) is 69.7 Å². The van der Waals surface area contributed by atoms with Crippen molar-refractivity contribution >= 4 is 16.8 Å². The first-order valence-electron chi connectivity index (χ1n) is 11.8. The number of carbonyl (C=O) groups excluding carboxylic acids is 1. The number of amides is 1. The van der Waals surface area contributed by atoms with Gasteiger partial charge in [0.25, 0.3) is 11.5 Å². The van der Waals surface area contributed by atoms with Crippen molar-refractivity contribution in [1.82, 2.24) is 14.8 Å². The van der Waals surface area contributed by atoms with Gasteiger partial charge in [0, 0.05) is 24.5 Å². The van der Waals surface area contributed by atoms with Crippen LogP contribution in [-0.2, 0) is 6.54 Å². The number of para-hydroxylation sites is 1. The van der Waals surface area contributed by atoms with Gasteiger partial charge in [-0.05, 0) is 49.7 Å². The van der Waals surface area contributed by atoms with Crippen molar-refractivity contribution in [3.8, 4) is 5.75 Å². The standard InChI is InChI=1S/C25H35N3O3/c1-4-21(27-13-12-17-8-7-9-18(27)14-17)26-24(30)22-23(29)19-10-5-6-11-20(19)28(25(22)31)15-16(2)3/h5-6,10-11,16-18,21,29H,4,7-9,12-15H2,1-3H3,(H,26,30). The Morgan fingerprint density at radius 1 is 1.23 bits per heavy atom. The lowest BCUT2D eigenvalue weighted by atomic mass is 9.79. The van der Waals surface area contributed by atoms with E-state index in [-0.39, 0.29) is 23.4 Å². The summed E-state index contributed by atoms with van der Waals surface area (Å²) in [6, 6.07) is 7.75. The van der Waals surface area contributed by atoms with Gasteiger partial charge in [0.05, 0.1) is 11.7 Å². The molecular weight excluding hydrogens is 390 g/mol. The number of aromatic hydroxyl groups is 1. The summed E-state index contributed by atoms with van der Waals surface area (Å²) >= 11 is 0. The van der Waals surface area contributed by atoms with Crippen molar-refractivity contribution in [3.05, 3.63) is 40.2 Å². The fourth-order valence-electron chi connectivity index (χ4n) is 5.53. The van der Waals surface area contributed by atoms with Gasteiger partial charge >= 0.3 is 0 Å². The van der Waals surface area contributed by atoms with Crippen LogP contribution >= 0.6 is 0 Å². The topological polar surface area (TPSA) is 74.6 Å². The normalized spacial score (nSPS) is 22.6. The second-order valence-electron chi connectivity index (χ2n) is 9.66. The van der Waals surface area contributed by atoms with Crippen LogP contribution in [0.5, 0.6) is 5.75 Å². The highest BCUT2D eigenvalue weighted by Crippen LogP contribution is 2.36. The number of likely N-dealkylation sites (tertiary alicyclic amines) is 1. The quantitative estimate of drug-likeness (QED) is 0.731. The second kappa shape index (κ2) is 9.03. The maximum atomic E-state index is 13.3. The SMILES string of the molecule is CCC(NC(=O)c1c(O)c2ccccc2n(CC(C)C)c1=O)N1CCC2CCCC1C2. The molecule has 0 spiro atoms. The number of rotatable bonds is 6. The van der Waals surface area contributed by atoms with Crippen molar-refractivity contribution < 1.29 is 9.90 Å². The summed E-state index contributed by atoms with van der Waals surface area (Å²) in [6.07, 6.45) is 6.77. The van der Waals surface area contributed by atoms with E-state index in [1.165, 1.54) is 32.1 Å². The molecule has 0 radical (unpaired) electrons. The lowest BCUT2D eigenvalue weighted by Crippen LogP contribution is -2.56. The zero-order valence-electron chi connectivity index (χ0n) is 18.9. The van der Waals surface area contributed by atoms with Crippen molar-refractivity contribution in [3.63, 3.8) is 0 Å². The van der Waals surface area contributed by atoms with E-state index in [9.17, 15) is 14.7 Å². The summed E-state index contributed by atoms with van der Waals surface area (Å²) in [5, 5.41) is 14.5. The molecule has 31 heavy (non-hydrogen) atoms. The van der Waals surface area contributed by atoms with Crippen LogP contribution in [0, 0.1) is 11.8 Å². The molecule has 2 fully saturated rings. The van der Waals surface area contributed by atoms with Crippen LogP contribution < -0.4 is 10.9 Å². The highest BCUT2D eigenvalue weighted by Gasteiger charge is 2.36. The minimum Gasteiger partial charge on any atom is -0.506 e. The van der Waals surface area contributed by atoms with Crippen molar-refractivity contribution in [2.24, 2.45) is 11.8 Å². The molecule has 1 amide bonds. The Morgan fingerprint density at radius 3 is 2.74 bits per heavy atom. The molecule has 3 unspecified atom stereocenters. The van der Waals surface area contributed by atoms with Crippen molar-refractivity contribution in [2.75, 3.05) is 6.54 Å². The summed E-state index contributed by atoms with van der Waals surface area (Å²) < 4.78 is 1.63. The summed E-state index contributed by atoms with van der Waals surface area (Å²) in [5.74, 6) is 0.355. The van der Waals surface area contributed by atoms with E-state index in [4.69, 9.17) is 0 Å². The third kappa shape index (κ3) is 4.22. The predicted molar refractivity (Wildman–Crippen MR) is 123 cm³/mol. The van der Waals surface area contributed by atoms with Gasteiger partial charge in [-0.25, -0.2) is 0 Å². The number of aromatic nitrogens is 1. The Morgan fingerprint density at radius 2 is 2.00 bits per heavy atom. The van der Waals surface area contributed by atoms with Crippen LogP contribution in [0.3, 0.4) is 0 Å². The average molecular weight is 426 g/mol. The Kier molecular flexibility index (Phi) is 6.37. The smallest absolute Gasteiger partial charge is 0.267 e. The van der Waals surface area contributed by atoms with E-state index in [1.54, 1.807) is 10.6 Å². The Bertz CT molecular complexity index is 1010. The zero-order valence-corrected chi connectivity index (χ0v) is 18.9. The van der Waals surface area contributed by atoms with Crippen molar-refractivity contribution in [1.29, 1.82) is 0 Å². The van der Waals surface area contributed by atoms with E-state index >= 15 is 0 Å². The minimum absolute atomic E-state index is 0.125. The van der Waals surface area contributed by atoms with E-state index < -0.39 is 11.5 Å². The third-order valence-corrected chi connectivity index (χ3v) is 7.03. The van der Waals surface area contributed by atoms with Crippen LogP contribution in [0.15, 0.2) is 29.1 Å². The van der Waals surface area contributed by atoms with Gasteiger partial charge in [0.15, 0.2) is 0 Å². The third-order valence-electron chi connectivity index (χ3n) is 7.03. The number of fused-ring (bicyclic) bond motifs is 3. The summed E-state index contributed by atoms with van der Waals surface area (Å²) in [5.41, 5.74) is 0.0940. The number of nitrogens with zero attached hydrogens (tertiary/aromatic N) is 2. The van der Waals surface area contributed by atoms with E-state index in [2.05, 4.69) is 17.1 Å². The number of benzene rings is 1. The lowest BCUT2D eigenvalue weighted by Gasteiger charge is -2.46. The molecule has 168 valence electrons. The molecule has 3 atom stereocenters. The summed E-state index contributed by atoms with van der Waals surface area (Å²) in [4.78, 5) is 29.1. The van der Waals surface area contributed by atoms with Crippen LogP contribution in [-0.4, -0.2) is 39.2 Å². The highest BCUT2D eigenvalue weighted by atomic mass is 16.3. The molecule has 1 aromatic heterocycles. The van der Waals surface area contributed by atoms with E-state index in [1.807, 2.05) is 32.0 Å². The Labute approximate surface area is 184 Å². The van der Waals surface area contributed by atoms with Gasteiger partial charge in [-0.15, -0.1) is 0 Å². The summed E-state index contributed by atoms with van der Waals surface area (Å²) in [6.45, 7) is 7.61. The number of hydrogen-bond donors (Lipinski definition) is 2. The maximum Gasteiger partial charge on any atom is 0.267 e. The van der Waals surface area contributed by atoms with E-state index in [0.717, 1.165) is 18.9 Å². The van der Waals surface area contributed by atoms with Gasteiger partial charge in [0.1, 0.15) is 11.3 Å². The maximum absolute atomic E-state index is 13.3. The molecule has 1 aromatic carbocycles. The number of hydrogen-bond acceptors (Lipinski definition) is 4. The predicted octanol–water partition coefficient (Wildman–Crippen LogP) is 4.09. The molecule has 2 bridgehead atoms. The van der Waals surface area contributed by atoms with Gasteiger partial charge in [0.2, 0.25) is 0 Å². The number of piperidine rings is 1. The molecule has 6 nitrogen and oxygen atoms in total. The first-order valence-corrected chi connectivity index (χ1v) is 11.8. The monoisotopic (exact) mass is 425 g/mol. The summed E-state index contributed by atoms with van der Waals surface area (Å²) in [7, 11) is 0. The molecule has 1 aliphatic heterocycles. The van der Waals surface area contributed by atoms with Gasteiger partial charge in [-0.3, -0.25) is 14.5 Å². The molecule has 1 aliphatic carbocycles. The van der Waals surface area contributed by atoms with E-state index in [0.29, 0.717) is 23.5 Å². The lowest BCUT2D eigenvalue weighted by molar-refractivity contribution is 0.0223. The first kappa shape index (κ1) is 21.9. The van der Waals surface area contributed by atoms with Crippen LogP contribution in [0.4, 0.5) is 0 Å². The molecule has 2 aromatic rings. The molecule has 4 rings (SSSR count). The fraction of sp³-hybridized carbons (Fsp3) is 0.600. The molecule has 6 heteroatoms. The van der Waals surface area contributed by atoms with Crippen LogP contribution in [0.2, 0.25) is 0 Å². The molecule has 2 aliphatic rings. The fourth-order valence-corrected chi connectivity index (χ4v) is 5.53. The van der Waals surface area contributed by atoms with Gasteiger partial charge in [-0.1, -0.05) is 45.7 Å². The number of nitrogens with one attached hydrogen (secondary N) is 1. The number of carbonyl (C=O) groups is 1. The van der Waals surface area contributed by atoms with Crippen LogP contribution in [0.25, 0.3) is 10.9 Å². The molecular formula is C25H35N3O3. The Balaban J connectivity index is 1.67. The largest absolute Gasteiger partial charge is 0.506 e. The molecule has 1 saturated carbocycles. The average Bonchev–Trinajstić information content (AvgIpc) is 2.75. The molecule has 1 saturated heterocycles. The zero-order chi connectivity index (χ0) is 22.1. The van der Waals surface area contributed by atoms with Crippen molar-refractivity contribution in [2.45, 2.75) is 78.0 Å². The first-order chi connectivity index (χ1) is 14.9. The molecule has 2 N–H and O–H groups in total. The minimum atomic E-state index is -0.476.